The fraction of sp³-hybridized carbons (Fsp3) is 0.800. The molecule has 0 aromatic carbocycles. The van der Waals surface area contributed by atoms with Gasteiger partial charge in [0, 0.05) is 6.61 Å². The third-order valence-corrected chi connectivity index (χ3v) is 2.85. The molecule has 0 aromatic rings. The quantitative estimate of drug-likeness (QED) is 0.717. The summed E-state index contributed by atoms with van der Waals surface area (Å²) in [5.41, 5.74) is -3.33. The van der Waals surface area contributed by atoms with Crippen LogP contribution in [0.4, 0.5) is 18.0 Å². The van der Waals surface area contributed by atoms with Gasteiger partial charge in [-0.1, -0.05) is 0 Å². The molecular weight excluding hydrogens is 269 g/mol. The molecule has 0 aliphatic carbocycles. The maximum absolute atomic E-state index is 12.6. The van der Waals surface area contributed by atoms with Crippen molar-refractivity contribution in [2.75, 3.05) is 13.2 Å². The first-order valence-electron chi connectivity index (χ1n) is 5.63. The minimum absolute atomic E-state index is 0.198. The van der Waals surface area contributed by atoms with E-state index >= 15 is 0 Å². The molecule has 3 N–H and O–H groups in total. The Morgan fingerprint density at radius 3 is 2.42 bits per heavy atom. The molecule has 1 heterocycles. The predicted octanol–water partition coefficient (Wildman–Crippen LogP) is 0.870. The van der Waals surface area contributed by atoms with E-state index in [0.717, 1.165) is 0 Å². The van der Waals surface area contributed by atoms with Gasteiger partial charge < -0.3 is 20.5 Å². The van der Waals surface area contributed by atoms with Crippen LogP contribution in [0.2, 0.25) is 0 Å². The summed E-state index contributed by atoms with van der Waals surface area (Å²) in [5.74, 6) is -2.17. The average molecular weight is 284 g/mol. The third kappa shape index (κ3) is 3.72. The third-order valence-electron chi connectivity index (χ3n) is 2.85. The molecule has 1 aliphatic rings. The number of carbonyl (C=O) groups excluding carboxylic acids is 1. The number of nitrogens with one attached hydrogen (secondary N) is 2. The molecule has 19 heavy (non-hydrogen) atoms. The zero-order chi connectivity index (χ0) is 14.7. The molecular formula is C10H15F3N2O4. The maximum atomic E-state index is 12.6. The second kappa shape index (κ2) is 5.64. The summed E-state index contributed by atoms with van der Waals surface area (Å²) in [7, 11) is 0. The zero-order valence-corrected chi connectivity index (χ0v) is 10.2. The Morgan fingerprint density at radius 2 is 2.00 bits per heavy atom. The van der Waals surface area contributed by atoms with E-state index in [1.54, 1.807) is 0 Å². The van der Waals surface area contributed by atoms with Gasteiger partial charge in [-0.3, -0.25) is 0 Å². The Balaban J connectivity index is 2.64. The van der Waals surface area contributed by atoms with Gasteiger partial charge in [-0.25, -0.2) is 9.59 Å². The van der Waals surface area contributed by atoms with Crippen molar-refractivity contribution in [2.24, 2.45) is 0 Å². The summed E-state index contributed by atoms with van der Waals surface area (Å²) < 4.78 is 43.0. The first kappa shape index (κ1) is 15.5. The SMILES string of the molecule is CC(NC(=O)NC1CCCOC1)(C(=O)O)C(F)(F)F. The summed E-state index contributed by atoms with van der Waals surface area (Å²) in [6, 6.07) is -1.60. The zero-order valence-electron chi connectivity index (χ0n) is 10.2. The van der Waals surface area contributed by atoms with Gasteiger partial charge >= 0.3 is 18.2 Å². The lowest BCUT2D eigenvalue weighted by atomic mass is 10.0. The van der Waals surface area contributed by atoms with Crippen LogP contribution in [0.5, 0.6) is 0 Å². The largest absolute Gasteiger partial charge is 0.479 e. The molecule has 1 aliphatic heterocycles. The molecule has 1 fully saturated rings. The van der Waals surface area contributed by atoms with Crippen LogP contribution < -0.4 is 10.6 Å². The van der Waals surface area contributed by atoms with Crippen molar-refractivity contribution in [3.8, 4) is 0 Å². The molecule has 0 saturated carbocycles. The van der Waals surface area contributed by atoms with E-state index in [1.165, 1.54) is 5.32 Å². The Labute approximate surface area is 107 Å². The molecule has 0 radical (unpaired) electrons. The number of hydrogen-bond acceptors (Lipinski definition) is 3. The van der Waals surface area contributed by atoms with E-state index in [4.69, 9.17) is 9.84 Å². The van der Waals surface area contributed by atoms with Crippen LogP contribution in [0.15, 0.2) is 0 Å². The van der Waals surface area contributed by atoms with Crippen LogP contribution in [-0.4, -0.2) is 48.1 Å². The van der Waals surface area contributed by atoms with Crippen molar-refractivity contribution < 1.29 is 32.6 Å². The van der Waals surface area contributed by atoms with Gasteiger partial charge in [0.25, 0.3) is 0 Å². The minimum atomic E-state index is -5.10. The Bertz CT molecular complexity index is 355. The summed E-state index contributed by atoms with van der Waals surface area (Å²) in [6.07, 6.45) is -3.84. The summed E-state index contributed by atoms with van der Waals surface area (Å²) in [4.78, 5) is 22.1. The van der Waals surface area contributed by atoms with Gasteiger partial charge in [-0.2, -0.15) is 13.2 Å². The van der Waals surface area contributed by atoms with Crippen LogP contribution in [-0.2, 0) is 9.53 Å². The van der Waals surface area contributed by atoms with Crippen molar-refractivity contribution in [3.05, 3.63) is 0 Å². The Kier molecular flexibility index (Phi) is 4.61. The lowest BCUT2D eigenvalue weighted by molar-refractivity contribution is -0.203. The highest BCUT2D eigenvalue weighted by Gasteiger charge is 2.58. The van der Waals surface area contributed by atoms with Gasteiger partial charge in [0.05, 0.1) is 12.6 Å². The highest BCUT2D eigenvalue weighted by Crippen LogP contribution is 2.30. The van der Waals surface area contributed by atoms with Crippen LogP contribution in [0, 0.1) is 0 Å². The predicted molar refractivity (Wildman–Crippen MR) is 57.6 cm³/mol. The molecule has 110 valence electrons. The number of alkyl halides is 3. The topological polar surface area (TPSA) is 87.7 Å². The molecule has 0 bridgehead atoms. The van der Waals surface area contributed by atoms with Crippen LogP contribution in [0.3, 0.4) is 0 Å². The van der Waals surface area contributed by atoms with Crippen molar-refractivity contribution >= 4 is 12.0 Å². The number of amides is 2. The number of ether oxygens (including phenoxy) is 1. The molecule has 1 saturated heterocycles. The average Bonchev–Trinajstić information content (AvgIpc) is 2.28. The molecule has 2 unspecified atom stereocenters. The maximum Gasteiger partial charge on any atom is 0.422 e. The number of aliphatic carboxylic acids is 1. The number of carbonyl (C=O) groups is 2. The van der Waals surface area contributed by atoms with Crippen molar-refractivity contribution in [1.29, 1.82) is 0 Å². The van der Waals surface area contributed by atoms with Crippen molar-refractivity contribution in [2.45, 2.75) is 37.5 Å². The van der Waals surface area contributed by atoms with E-state index < -0.39 is 29.8 Å². The standard InChI is InChI=1S/C10H15F3N2O4/c1-9(7(16)17,10(11,12)13)15-8(18)14-6-3-2-4-19-5-6/h6H,2-5H2,1H3,(H,16,17)(H2,14,15,18). The lowest BCUT2D eigenvalue weighted by Crippen LogP contribution is -2.64. The smallest absolute Gasteiger partial charge is 0.422 e. The summed E-state index contributed by atoms with van der Waals surface area (Å²) in [6.45, 7) is 1.13. The van der Waals surface area contributed by atoms with Crippen LogP contribution in [0.25, 0.3) is 0 Å². The van der Waals surface area contributed by atoms with Gasteiger partial charge in [-0.05, 0) is 19.8 Å². The first-order chi connectivity index (χ1) is 8.67. The Morgan fingerprint density at radius 1 is 1.37 bits per heavy atom. The number of rotatable bonds is 3. The van der Waals surface area contributed by atoms with Crippen molar-refractivity contribution in [3.63, 3.8) is 0 Å². The fourth-order valence-corrected chi connectivity index (χ4v) is 1.55. The van der Waals surface area contributed by atoms with Crippen LogP contribution >= 0.6 is 0 Å². The van der Waals surface area contributed by atoms with Gasteiger partial charge in [-0.15, -0.1) is 0 Å². The normalized spacial score (nSPS) is 23.3. The molecule has 6 nitrogen and oxygen atoms in total. The highest BCUT2D eigenvalue weighted by atomic mass is 19.4. The second-order valence-electron chi connectivity index (χ2n) is 4.44. The molecule has 9 heteroatoms. The van der Waals surface area contributed by atoms with Gasteiger partial charge in [0.2, 0.25) is 5.54 Å². The summed E-state index contributed by atoms with van der Waals surface area (Å²) in [5, 5.41) is 12.3. The van der Waals surface area contributed by atoms with E-state index in [0.29, 0.717) is 26.4 Å². The minimum Gasteiger partial charge on any atom is -0.479 e. The van der Waals surface area contributed by atoms with E-state index in [2.05, 4.69) is 5.32 Å². The number of urea groups is 1. The molecule has 2 amide bonds. The van der Waals surface area contributed by atoms with Crippen molar-refractivity contribution in [1.82, 2.24) is 10.6 Å². The second-order valence-corrected chi connectivity index (χ2v) is 4.44. The van der Waals surface area contributed by atoms with E-state index in [-0.39, 0.29) is 6.61 Å². The van der Waals surface area contributed by atoms with Gasteiger partial charge in [0.15, 0.2) is 0 Å². The van der Waals surface area contributed by atoms with Crippen LogP contribution in [0.1, 0.15) is 19.8 Å². The number of carboxylic acids is 1. The molecule has 2 atom stereocenters. The van der Waals surface area contributed by atoms with Gasteiger partial charge in [0.1, 0.15) is 0 Å². The highest BCUT2D eigenvalue weighted by molar-refractivity contribution is 5.86. The number of carboxylic acid groups (broad SMARTS) is 1. The lowest BCUT2D eigenvalue weighted by Gasteiger charge is -2.30. The van der Waals surface area contributed by atoms with E-state index in [9.17, 15) is 22.8 Å². The fourth-order valence-electron chi connectivity index (χ4n) is 1.55. The number of hydrogen-bond donors (Lipinski definition) is 3. The van der Waals surface area contributed by atoms with E-state index in [1.807, 2.05) is 0 Å². The first-order valence-corrected chi connectivity index (χ1v) is 5.63. The number of halogens is 3. The molecule has 0 spiro atoms. The Hall–Kier alpha value is -1.51. The monoisotopic (exact) mass is 284 g/mol. The molecule has 0 aromatic heterocycles. The molecule has 1 rings (SSSR count). The summed E-state index contributed by atoms with van der Waals surface area (Å²) >= 11 is 0.